The summed E-state index contributed by atoms with van der Waals surface area (Å²) in [5.41, 5.74) is 1.97. The Kier molecular flexibility index (Phi) is 4.75. The third kappa shape index (κ3) is 3.10. The van der Waals surface area contributed by atoms with Gasteiger partial charge in [0.1, 0.15) is 5.82 Å². The summed E-state index contributed by atoms with van der Waals surface area (Å²) in [5, 5.41) is 5.53. The Morgan fingerprint density at radius 1 is 1.22 bits per heavy atom. The molecule has 0 radical (unpaired) electrons. The van der Waals surface area contributed by atoms with Crippen LogP contribution in [0.1, 0.15) is 22.9 Å². The molecule has 4 heteroatoms. The lowest BCUT2D eigenvalue weighted by molar-refractivity contribution is 0.589. The molecule has 0 atom stereocenters. The van der Waals surface area contributed by atoms with Gasteiger partial charge < -0.3 is 5.32 Å². The van der Waals surface area contributed by atoms with Gasteiger partial charge in [0.15, 0.2) is 0 Å². The fourth-order valence-electron chi connectivity index (χ4n) is 1.83. The first-order valence-corrected chi connectivity index (χ1v) is 7.17. The van der Waals surface area contributed by atoms with E-state index in [-0.39, 0.29) is 10.8 Å². The van der Waals surface area contributed by atoms with E-state index in [2.05, 4.69) is 23.7 Å². The number of hydrogen-bond acceptors (Lipinski definition) is 2. The second-order valence-electron chi connectivity index (χ2n) is 4.04. The number of benzene rings is 1. The van der Waals surface area contributed by atoms with Gasteiger partial charge in [0, 0.05) is 23.5 Å². The van der Waals surface area contributed by atoms with Crippen molar-refractivity contribution in [2.45, 2.75) is 26.4 Å². The lowest BCUT2D eigenvalue weighted by Crippen LogP contribution is -2.13. The number of thiophene rings is 1. The molecule has 0 unspecified atom stereocenters. The van der Waals surface area contributed by atoms with Crippen LogP contribution < -0.4 is 5.32 Å². The maximum absolute atomic E-state index is 13.6. The van der Waals surface area contributed by atoms with Gasteiger partial charge in [-0.25, -0.2) is 4.39 Å². The molecule has 1 N–H and O–H groups in total. The van der Waals surface area contributed by atoms with Gasteiger partial charge >= 0.3 is 0 Å². The zero-order valence-electron chi connectivity index (χ0n) is 10.2. The van der Waals surface area contributed by atoms with E-state index in [1.54, 1.807) is 29.5 Å². The van der Waals surface area contributed by atoms with E-state index in [1.807, 2.05) is 0 Å². The molecule has 0 spiro atoms. The first-order valence-electron chi connectivity index (χ1n) is 5.91. The summed E-state index contributed by atoms with van der Waals surface area (Å²) in [5.74, 6) is -0.325. The molecule has 1 nitrogen and oxygen atoms in total. The Morgan fingerprint density at radius 2 is 2.06 bits per heavy atom. The van der Waals surface area contributed by atoms with Crippen molar-refractivity contribution < 1.29 is 4.39 Å². The largest absolute Gasteiger partial charge is 0.308 e. The second-order valence-corrected chi connectivity index (χ2v) is 5.45. The highest BCUT2D eigenvalue weighted by Crippen LogP contribution is 2.19. The van der Waals surface area contributed by atoms with Crippen LogP contribution in [0.25, 0.3) is 0 Å². The van der Waals surface area contributed by atoms with Gasteiger partial charge in [0.05, 0.1) is 5.02 Å². The van der Waals surface area contributed by atoms with E-state index in [1.165, 1.54) is 10.4 Å². The Morgan fingerprint density at radius 3 is 2.83 bits per heavy atom. The molecule has 0 bridgehead atoms. The number of rotatable bonds is 5. The molecular weight excluding hydrogens is 269 g/mol. The minimum absolute atomic E-state index is 0.180. The maximum Gasteiger partial charge on any atom is 0.146 e. The summed E-state index contributed by atoms with van der Waals surface area (Å²) in [7, 11) is 0. The quantitative estimate of drug-likeness (QED) is 0.858. The molecule has 0 saturated heterocycles. The van der Waals surface area contributed by atoms with E-state index < -0.39 is 0 Å². The Balaban J connectivity index is 1.94. The highest BCUT2D eigenvalue weighted by Gasteiger charge is 2.06. The van der Waals surface area contributed by atoms with Crippen LogP contribution in [-0.4, -0.2) is 0 Å². The Labute approximate surface area is 116 Å². The fraction of sp³-hybridized carbons (Fsp3) is 0.286. The predicted molar refractivity (Wildman–Crippen MR) is 75.7 cm³/mol. The van der Waals surface area contributed by atoms with Crippen LogP contribution in [0.4, 0.5) is 4.39 Å². The molecule has 2 rings (SSSR count). The number of halogens is 2. The highest BCUT2D eigenvalue weighted by molar-refractivity contribution is 7.10. The molecule has 1 aromatic carbocycles. The summed E-state index contributed by atoms with van der Waals surface area (Å²) in [6, 6.07) is 7.23. The summed E-state index contributed by atoms with van der Waals surface area (Å²) < 4.78 is 13.6. The smallest absolute Gasteiger partial charge is 0.146 e. The minimum Gasteiger partial charge on any atom is -0.308 e. The van der Waals surface area contributed by atoms with Gasteiger partial charge in [-0.1, -0.05) is 30.7 Å². The summed E-state index contributed by atoms with van der Waals surface area (Å²) >= 11 is 7.47. The van der Waals surface area contributed by atoms with Gasteiger partial charge in [-0.2, -0.15) is 0 Å². The van der Waals surface area contributed by atoms with Crippen molar-refractivity contribution in [2.24, 2.45) is 0 Å². The zero-order chi connectivity index (χ0) is 13.0. The van der Waals surface area contributed by atoms with Gasteiger partial charge in [-0.15, -0.1) is 11.3 Å². The molecule has 1 heterocycles. The van der Waals surface area contributed by atoms with Crippen LogP contribution in [0, 0.1) is 5.82 Å². The SMILES string of the molecule is CCc1ccsc1CNCc1cccc(Cl)c1F. The lowest BCUT2D eigenvalue weighted by Gasteiger charge is -2.07. The van der Waals surface area contributed by atoms with Gasteiger partial charge in [-0.05, 0) is 29.5 Å². The Hall–Kier alpha value is -0.900. The first kappa shape index (κ1) is 13.5. The average molecular weight is 284 g/mol. The van der Waals surface area contributed by atoms with Crippen molar-refractivity contribution >= 4 is 22.9 Å². The van der Waals surface area contributed by atoms with E-state index in [9.17, 15) is 4.39 Å². The molecule has 0 fully saturated rings. The number of aryl methyl sites for hydroxylation is 1. The molecule has 2 aromatic rings. The molecule has 0 aliphatic heterocycles. The summed E-state index contributed by atoms with van der Waals surface area (Å²) in [6.07, 6.45) is 1.03. The highest BCUT2D eigenvalue weighted by atomic mass is 35.5. The van der Waals surface area contributed by atoms with Gasteiger partial charge in [0.25, 0.3) is 0 Å². The molecule has 96 valence electrons. The maximum atomic E-state index is 13.6. The summed E-state index contributed by atoms with van der Waals surface area (Å²) in [6.45, 7) is 3.41. The molecule has 18 heavy (non-hydrogen) atoms. The third-order valence-corrected chi connectivity index (χ3v) is 4.11. The van der Waals surface area contributed by atoms with E-state index in [0.717, 1.165) is 13.0 Å². The van der Waals surface area contributed by atoms with Gasteiger partial charge in [-0.3, -0.25) is 0 Å². The van der Waals surface area contributed by atoms with Gasteiger partial charge in [0.2, 0.25) is 0 Å². The number of hydrogen-bond donors (Lipinski definition) is 1. The van der Waals surface area contributed by atoms with Crippen molar-refractivity contribution in [3.8, 4) is 0 Å². The van der Waals surface area contributed by atoms with E-state index >= 15 is 0 Å². The van der Waals surface area contributed by atoms with Crippen LogP contribution >= 0.6 is 22.9 Å². The van der Waals surface area contributed by atoms with E-state index in [4.69, 9.17) is 11.6 Å². The second kappa shape index (κ2) is 6.32. The standard InChI is InChI=1S/C14H15ClFNS/c1-2-10-6-7-18-13(10)9-17-8-11-4-3-5-12(15)14(11)16/h3-7,17H,2,8-9H2,1H3. The molecule has 0 aliphatic rings. The van der Waals surface area contributed by atoms with E-state index in [0.29, 0.717) is 12.1 Å². The van der Waals surface area contributed by atoms with Crippen molar-refractivity contribution in [3.63, 3.8) is 0 Å². The first-order chi connectivity index (χ1) is 8.72. The minimum atomic E-state index is -0.325. The van der Waals surface area contributed by atoms with Crippen LogP contribution in [0.5, 0.6) is 0 Å². The topological polar surface area (TPSA) is 12.0 Å². The Bertz CT molecular complexity index is 524. The zero-order valence-corrected chi connectivity index (χ0v) is 11.7. The van der Waals surface area contributed by atoms with Crippen LogP contribution in [0.2, 0.25) is 5.02 Å². The molecule has 0 aliphatic carbocycles. The third-order valence-electron chi connectivity index (χ3n) is 2.85. The average Bonchev–Trinajstić information content (AvgIpc) is 2.82. The summed E-state index contributed by atoms with van der Waals surface area (Å²) in [4.78, 5) is 1.32. The van der Waals surface area contributed by atoms with Crippen molar-refractivity contribution in [1.29, 1.82) is 0 Å². The van der Waals surface area contributed by atoms with Crippen molar-refractivity contribution in [2.75, 3.05) is 0 Å². The molecule has 0 amide bonds. The van der Waals surface area contributed by atoms with Crippen molar-refractivity contribution in [3.05, 3.63) is 56.5 Å². The van der Waals surface area contributed by atoms with Crippen LogP contribution in [-0.2, 0) is 19.5 Å². The van der Waals surface area contributed by atoms with Crippen molar-refractivity contribution in [1.82, 2.24) is 5.32 Å². The normalized spacial score (nSPS) is 10.8. The monoisotopic (exact) mass is 283 g/mol. The predicted octanol–water partition coefficient (Wildman–Crippen LogP) is 4.39. The van der Waals surface area contributed by atoms with Crippen LogP contribution in [0.3, 0.4) is 0 Å². The molecule has 0 saturated carbocycles. The fourth-order valence-corrected chi connectivity index (χ4v) is 2.97. The molecular formula is C14H15ClFNS. The van der Waals surface area contributed by atoms with Crippen LogP contribution in [0.15, 0.2) is 29.6 Å². The number of nitrogens with one attached hydrogen (secondary N) is 1. The lowest BCUT2D eigenvalue weighted by atomic mass is 10.2. The molecule has 1 aromatic heterocycles.